The second-order valence-corrected chi connectivity index (χ2v) is 12.3. The average Bonchev–Trinajstić information content (AvgIpc) is 3.34. The lowest BCUT2D eigenvalue weighted by Gasteiger charge is -2.23. The number of fused-ring (bicyclic) bond motifs is 6. The maximum atomic E-state index is 6.39. The fourth-order valence-electron chi connectivity index (χ4n) is 5.45. The van der Waals surface area contributed by atoms with E-state index in [9.17, 15) is 0 Å². The standard InChI is InChI=1S/C32H31NOS/c1-18(2)15-25-19(3)28-24(34-25)11-12-26-29(28)30-27(35-26)13-14-33-31(30)21-16-20-9-7-8-10-22(20)23(17-21)32(4,5)6/h7-14,16-18H,15H2,1-6H3. The molecule has 0 saturated carbocycles. The van der Waals surface area contributed by atoms with E-state index in [1.807, 2.05) is 17.5 Å². The maximum absolute atomic E-state index is 6.39. The number of pyridine rings is 1. The minimum absolute atomic E-state index is 0.0282. The van der Waals surface area contributed by atoms with E-state index in [1.165, 1.54) is 53.0 Å². The van der Waals surface area contributed by atoms with Crippen LogP contribution in [0.25, 0.3) is 53.2 Å². The zero-order valence-corrected chi connectivity index (χ0v) is 22.1. The van der Waals surface area contributed by atoms with E-state index in [0.717, 1.165) is 23.5 Å². The van der Waals surface area contributed by atoms with Crippen molar-refractivity contribution in [2.75, 3.05) is 0 Å². The summed E-state index contributed by atoms with van der Waals surface area (Å²) in [6.45, 7) is 13.6. The van der Waals surface area contributed by atoms with Gasteiger partial charge < -0.3 is 4.42 Å². The van der Waals surface area contributed by atoms with Gasteiger partial charge in [0.05, 0.1) is 5.69 Å². The van der Waals surface area contributed by atoms with Gasteiger partial charge in [-0.1, -0.05) is 58.9 Å². The molecule has 0 aliphatic carbocycles. The Kier molecular flexibility index (Phi) is 5.05. The van der Waals surface area contributed by atoms with Gasteiger partial charge in [0.2, 0.25) is 0 Å². The number of hydrogen-bond acceptors (Lipinski definition) is 3. The molecule has 3 aromatic carbocycles. The Morgan fingerprint density at radius 1 is 0.914 bits per heavy atom. The average molecular weight is 478 g/mol. The summed E-state index contributed by atoms with van der Waals surface area (Å²) in [6, 6.07) is 19.9. The molecule has 0 unspecified atom stereocenters. The third-order valence-corrected chi connectivity index (χ3v) is 8.20. The quantitative estimate of drug-likeness (QED) is 0.253. The molecular formula is C32H31NOS. The van der Waals surface area contributed by atoms with Crippen molar-refractivity contribution in [1.29, 1.82) is 0 Å². The van der Waals surface area contributed by atoms with Crippen LogP contribution in [0.2, 0.25) is 0 Å². The molecule has 0 saturated heterocycles. The molecule has 2 nitrogen and oxygen atoms in total. The molecule has 3 heterocycles. The Balaban J connectivity index is 1.72. The highest BCUT2D eigenvalue weighted by atomic mass is 32.1. The lowest BCUT2D eigenvalue weighted by molar-refractivity contribution is 0.496. The number of aryl methyl sites for hydroxylation is 1. The van der Waals surface area contributed by atoms with Gasteiger partial charge in [-0.2, -0.15) is 0 Å². The SMILES string of the molecule is Cc1c(CC(C)C)oc2ccc3sc4ccnc(-c5cc(C(C)(C)C)c6ccccc6c5)c4c3c12. The van der Waals surface area contributed by atoms with Crippen molar-refractivity contribution in [2.45, 2.75) is 53.4 Å². The first-order chi connectivity index (χ1) is 16.7. The van der Waals surface area contributed by atoms with Gasteiger partial charge in [0.15, 0.2) is 0 Å². The number of benzene rings is 3. The Morgan fingerprint density at radius 3 is 2.46 bits per heavy atom. The molecule has 0 radical (unpaired) electrons. The highest BCUT2D eigenvalue weighted by Gasteiger charge is 2.22. The van der Waals surface area contributed by atoms with Crippen molar-refractivity contribution < 1.29 is 4.42 Å². The predicted octanol–water partition coefficient (Wildman–Crippen LogP) is 9.82. The van der Waals surface area contributed by atoms with Crippen molar-refractivity contribution in [3.05, 3.63) is 77.7 Å². The normalized spacial score (nSPS) is 12.7. The predicted molar refractivity (Wildman–Crippen MR) is 152 cm³/mol. The Morgan fingerprint density at radius 2 is 1.69 bits per heavy atom. The van der Waals surface area contributed by atoms with Gasteiger partial charge in [0.25, 0.3) is 0 Å². The molecule has 3 heteroatoms. The zero-order chi connectivity index (χ0) is 24.5. The summed E-state index contributed by atoms with van der Waals surface area (Å²) in [5.41, 5.74) is 5.87. The van der Waals surface area contributed by atoms with Crippen LogP contribution < -0.4 is 0 Å². The molecule has 0 aliphatic heterocycles. The van der Waals surface area contributed by atoms with Crippen LogP contribution in [0.1, 0.15) is 51.5 Å². The molecule has 0 atom stereocenters. The van der Waals surface area contributed by atoms with E-state index in [0.29, 0.717) is 5.92 Å². The molecule has 0 spiro atoms. The third-order valence-electron chi connectivity index (χ3n) is 7.07. The second-order valence-electron chi connectivity index (χ2n) is 11.2. The largest absolute Gasteiger partial charge is 0.461 e. The summed E-state index contributed by atoms with van der Waals surface area (Å²) >= 11 is 1.85. The lowest BCUT2D eigenvalue weighted by atomic mass is 9.82. The second kappa shape index (κ2) is 7.93. The molecular weight excluding hydrogens is 446 g/mol. The van der Waals surface area contributed by atoms with Crippen molar-refractivity contribution in [3.63, 3.8) is 0 Å². The molecule has 0 N–H and O–H groups in total. The lowest BCUT2D eigenvalue weighted by Crippen LogP contribution is -2.12. The first-order valence-electron chi connectivity index (χ1n) is 12.5. The van der Waals surface area contributed by atoms with Gasteiger partial charge in [-0.25, -0.2) is 0 Å². The Bertz CT molecular complexity index is 1740. The summed E-state index contributed by atoms with van der Waals surface area (Å²) in [4.78, 5) is 5.00. The monoisotopic (exact) mass is 477 g/mol. The van der Waals surface area contributed by atoms with Crippen LogP contribution >= 0.6 is 11.3 Å². The van der Waals surface area contributed by atoms with Crippen molar-refractivity contribution in [2.24, 2.45) is 5.92 Å². The molecule has 0 fully saturated rings. The molecule has 6 aromatic rings. The number of nitrogens with zero attached hydrogens (tertiary/aromatic N) is 1. The smallest absolute Gasteiger partial charge is 0.135 e. The fraction of sp³-hybridized carbons (Fsp3) is 0.281. The van der Waals surface area contributed by atoms with E-state index < -0.39 is 0 Å². The molecule has 0 amide bonds. The van der Waals surface area contributed by atoms with Crippen LogP contribution in [0.5, 0.6) is 0 Å². The minimum Gasteiger partial charge on any atom is -0.461 e. The number of furan rings is 1. The number of aromatic nitrogens is 1. The number of hydrogen-bond donors (Lipinski definition) is 0. The summed E-state index contributed by atoms with van der Waals surface area (Å²) in [5.74, 6) is 1.66. The van der Waals surface area contributed by atoms with Gasteiger partial charge in [-0.3, -0.25) is 4.98 Å². The highest BCUT2D eigenvalue weighted by Crippen LogP contribution is 2.45. The van der Waals surface area contributed by atoms with Crippen LogP contribution in [0, 0.1) is 12.8 Å². The zero-order valence-electron chi connectivity index (χ0n) is 21.3. The van der Waals surface area contributed by atoms with Gasteiger partial charge in [-0.05, 0) is 70.5 Å². The summed E-state index contributed by atoms with van der Waals surface area (Å²) in [5, 5.41) is 6.35. The van der Waals surface area contributed by atoms with Crippen LogP contribution in [0.15, 0.2) is 65.2 Å². The summed E-state index contributed by atoms with van der Waals surface area (Å²) in [7, 11) is 0. The molecule has 0 bridgehead atoms. The van der Waals surface area contributed by atoms with Crippen molar-refractivity contribution in [1.82, 2.24) is 4.98 Å². The fourth-order valence-corrected chi connectivity index (χ4v) is 6.55. The Labute approximate surface area is 210 Å². The van der Waals surface area contributed by atoms with Gasteiger partial charge >= 0.3 is 0 Å². The van der Waals surface area contributed by atoms with Crippen LogP contribution in [0.4, 0.5) is 0 Å². The molecule has 0 aliphatic rings. The van der Waals surface area contributed by atoms with E-state index in [-0.39, 0.29) is 5.41 Å². The minimum atomic E-state index is 0.0282. The van der Waals surface area contributed by atoms with Crippen LogP contribution in [-0.4, -0.2) is 4.98 Å². The van der Waals surface area contributed by atoms with Crippen molar-refractivity contribution in [3.8, 4) is 11.3 Å². The van der Waals surface area contributed by atoms with Gasteiger partial charge in [-0.15, -0.1) is 11.3 Å². The van der Waals surface area contributed by atoms with E-state index in [2.05, 4.69) is 96.1 Å². The van der Waals surface area contributed by atoms with E-state index in [1.54, 1.807) is 0 Å². The van der Waals surface area contributed by atoms with Crippen molar-refractivity contribution >= 4 is 53.3 Å². The summed E-state index contributed by atoms with van der Waals surface area (Å²) in [6.07, 6.45) is 2.91. The highest BCUT2D eigenvalue weighted by molar-refractivity contribution is 7.26. The molecule has 6 rings (SSSR count). The van der Waals surface area contributed by atoms with Gasteiger partial charge in [0, 0.05) is 43.7 Å². The van der Waals surface area contributed by atoms with Crippen LogP contribution in [0.3, 0.4) is 0 Å². The molecule has 35 heavy (non-hydrogen) atoms. The maximum Gasteiger partial charge on any atom is 0.135 e. The molecule has 3 aromatic heterocycles. The first-order valence-corrected chi connectivity index (χ1v) is 13.3. The number of rotatable bonds is 3. The van der Waals surface area contributed by atoms with E-state index >= 15 is 0 Å². The van der Waals surface area contributed by atoms with Crippen LogP contribution in [-0.2, 0) is 11.8 Å². The number of thiophene rings is 1. The third kappa shape index (κ3) is 3.56. The first kappa shape index (κ1) is 22.3. The topological polar surface area (TPSA) is 26.0 Å². The molecule has 176 valence electrons. The van der Waals surface area contributed by atoms with E-state index in [4.69, 9.17) is 9.40 Å². The van der Waals surface area contributed by atoms with Gasteiger partial charge in [0.1, 0.15) is 11.3 Å². The Hall–Kier alpha value is -3.17. The summed E-state index contributed by atoms with van der Waals surface area (Å²) < 4.78 is 8.95.